The number of hydrogen-bond acceptors (Lipinski definition) is 4. The van der Waals surface area contributed by atoms with Crippen molar-refractivity contribution in [2.45, 2.75) is 24.4 Å². The lowest BCUT2D eigenvalue weighted by Crippen LogP contribution is -2.14. The summed E-state index contributed by atoms with van der Waals surface area (Å²) in [4.78, 5) is 9.97. The van der Waals surface area contributed by atoms with Crippen LogP contribution in [0.25, 0.3) is 0 Å². The van der Waals surface area contributed by atoms with E-state index >= 15 is 0 Å². The molecule has 146 valence electrons. The van der Waals surface area contributed by atoms with E-state index in [4.69, 9.17) is 21.4 Å². The van der Waals surface area contributed by atoms with E-state index in [2.05, 4.69) is 0 Å². The highest BCUT2D eigenvalue weighted by Crippen LogP contribution is 2.38. The summed E-state index contributed by atoms with van der Waals surface area (Å²) in [7, 11) is -4.09. The van der Waals surface area contributed by atoms with Gasteiger partial charge in [0.15, 0.2) is 9.84 Å². The molecule has 0 aliphatic carbocycles. The lowest BCUT2D eigenvalue weighted by atomic mass is 10.1. The Kier molecular flexibility index (Phi) is 6.06. The van der Waals surface area contributed by atoms with E-state index in [9.17, 15) is 26.4 Å². The van der Waals surface area contributed by atoms with Crippen LogP contribution < -0.4 is 4.74 Å². The number of aliphatic carboxylic acids is 1. The zero-order valence-corrected chi connectivity index (χ0v) is 15.5. The Morgan fingerprint density at radius 3 is 2.37 bits per heavy atom. The van der Waals surface area contributed by atoms with Gasteiger partial charge in [0.25, 0.3) is 0 Å². The molecule has 0 saturated carbocycles. The Bertz CT molecular complexity index is 971. The summed E-state index contributed by atoms with van der Waals surface area (Å²) in [6.45, 7) is 1.25. The van der Waals surface area contributed by atoms with Gasteiger partial charge in [-0.3, -0.25) is 4.79 Å². The largest absolute Gasteiger partial charge is 0.481 e. The highest BCUT2D eigenvalue weighted by atomic mass is 35.5. The van der Waals surface area contributed by atoms with Crippen molar-refractivity contribution in [2.24, 2.45) is 0 Å². The van der Waals surface area contributed by atoms with Gasteiger partial charge in [0, 0.05) is 5.02 Å². The molecule has 1 N–H and O–H groups in total. The summed E-state index contributed by atoms with van der Waals surface area (Å²) in [5.41, 5.74) is -1.04. The minimum absolute atomic E-state index is 0.0259. The van der Waals surface area contributed by atoms with Gasteiger partial charge < -0.3 is 9.84 Å². The number of sulfone groups is 1. The Balaban J connectivity index is 2.47. The van der Waals surface area contributed by atoms with E-state index in [1.807, 2.05) is 0 Å². The fraction of sp³-hybridized carbons (Fsp3) is 0.235. The summed E-state index contributed by atoms with van der Waals surface area (Å²) in [5.74, 6) is -1.83. The van der Waals surface area contributed by atoms with Gasteiger partial charge in [0.1, 0.15) is 11.5 Å². The molecule has 27 heavy (non-hydrogen) atoms. The van der Waals surface area contributed by atoms with Crippen molar-refractivity contribution in [3.05, 3.63) is 52.5 Å². The predicted octanol–water partition coefficient (Wildman–Crippen LogP) is 4.57. The van der Waals surface area contributed by atoms with Crippen molar-refractivity contribution in [3.8, 4) is 11.5 Å². The van der Waals surface area contributed by atoms with Gasteiger partial charge in [-0.1, -0.05) is 18.5 Å². The van der Waals surface area contributed by atoms with Crippen LogP contribution in [0.3, 0.4) is 0 Å². The quantitative estimate of drug-likeness (QED) is 0.737. The Labute approximate surface area is 158 Å². The lowest BCUT2D eigenvalue weighted by Gasteiger charge is -2.15. The van der Waals surface area contributed by atoms with Crippen LogP contribution in [0.15, 0.2) is 41.3 Å². The lowest BCUT2D eigenvalue weighted by molar-refractivity contribution is -0.140. The number of carboxylic acids is 1. The molecule has 5 nitrogen and oxygen atoms in total. The first-order chi connectivity index (χ1) is 12.4. The van der Waals surface area contributed by atoms with Gasteiger partial charge in [0.05, 0.1) is 22.6 Å². The van der Waals surface area contributed by atoms with Gasteiger partial charge >= 0.3 is 12.1 Å². The number of hydrogen-bond donors (Lipinski definition) is 1. The second-order valence-corrected chi connectivity index (χ2v) is 8.21. The standard InChI is InChI=1S/C17H14ClF3O5S/c1-2-27(24,25)15-4-3-12(9-14(15)17(19,20)21)26-13-6-10(7-16(22)23)5-11(18)8-13/h3-6,8-9H,2,7H2,1H3,(H,22,23). The number of benzene rings is 2. The molecule has 0 aliphatic heterocycles. The topological polar surface area (TPSA) is 80.7 Å². The van der Waals surface area contributed by atoms with Crippen molar-refractivity contribution in [1.29, 1.82) is 0 Å². The van der Waals surface area contributed by atoms with E-state index in [0.29, 0.717) is 11.6 Å². The first-order valence-corrected chi connectivity index (χ1v) is 9.58. The van der Waals surface area contributed by atoms with Crippen LogP contribution in [0.1, 0.15) is 18.1 Å². The maximum atomic E-state index is 13.3. The zero-order chi connectivity index (χ0) is 20.4. The average molecular weight is 423 g/mol. The zero-order valence-electron chi connectivity index (χ0n) is 13.9. The van der Waals surface area contributed by atoms with Gasteiger partial charge in [-0.05, 0) is 42.0 Å². The second kappa shape index (κ2) is 7.77. The van der Waals surface area contributed by atoms with Crippen LogP contribution in [0.4, 0.5) is 13.2 Å². The maximum absolute atomic E-state index is 13.3. The summed E-state index contributed by atoms with van der Waals surface area (Å²) in [6, 6.07) is 6.52. The number of alkyl halides is 3. The Morgan fingerprint density at radius 1 is 1.15 bits per heavy atom. The van der Waals surface area contributed by atoms with Crippen molar-refractivity contribution in [2.75, 3.05) is 5.75 Å². The van der Waals surface area contributed by atoms with Crippen molar-refractivity contribution >= 4 is 27.4 Å². The smallest absolute Gasteiger partial charge is 0.417 e. The fourth-order valence-corrected chi connectivity index (χ4v) is 3.66. The Hall–Kier alpha value is -2.26. The number of halogens is 4. The van der Waals surface area contributed by atoms with E-state index in [1.54, 1.807) is 0 Å². The molecule has 0 saturated heterocycles. The second-order valence-electron chi connectivity index (χ2n) is 5.53. The average Bonchev–Trinajstić information content (AvgIpc) is 2.52. The van der Waals surface area contributed by atoms with Crippen molar-refractivity contribution < 1.29 is 36.2 Å². The predicted molar refractivity (Wildman–Crippen MR) is 92.0 cm³/mol. The molecule has 0 bridgehead atoms. The molecule has 2 aromatic carbocycles. The third kappa shape index (κ3) is 5.36. The third-order valence-corrected chi connectivity index (χ3v) is 5.50. The number of carbonyl (C=O) groups is 1. The Morgan fingerprint density at radius 2 is 1.81 bits per heavy atom. The van der Waals surface area contributed by atoms with E-state index in [-0.39, 0.29) is 22.9 Å². The number of carboxylic acid groups (broad SMARTS) is 1. The van der Waals surface area contributed by atoms with Gasteiger partial charge in [-0.25, -0.2) is 8.42 Å². The molecule has 0 fully saturated rings. The fourth-order valence-electron chi connectivity index (χ4n) is 2.31. The van der Waals surface area contributed by atoms with Crippen LogP contribution in [0.2, 0.25) is 5.02 Å². The molecule has 2 aromatic rings. The highest BCUT2D eigenvalue weighted by Gasteiger charge is 2.37. The van der Waals surface area contributed by atoms with Gasteiger partial charge in [-0.2, -0.15) is 13.2 Å². The molecule has 0 atom stereocenters. The molecular weight excluding hydrogens is 409 g/mol. The van der Waals surface area contributed by atoms with E-state index in [0.717, 1.165) is 12.1 Å². The third-order valence-electron chi connectivity index (χ3n) is 3.49. The SMILES string of the molecule is CCS(=O)(=O)c1ccc(Oc2cc(Cl)cc(CC(=O)O)c2)cc1C(F)(F)F. The van der Waals surface area contributed by atoms with Crippen molar-refractivity contribution in [1.82, 2.24) is 0 Å². The number of rotatable bonds is 6. The molecule has 0 amide bonds. The van der Waals surface area contributed by atoms with E-state index in [1.165, 1.54) is 25.1 Å². The molecular formula is C17H14ClF3O5S. The molecule has 0 radical (unpaired) electrons. The summed E-state index contributed by atoms with van der Waals surface area (Å²) < 4.78 is 69.1. The molecule has 0 aromatic heterocycles. The number of ether oxygens (including phenoxy) is 1. The monoisotopic (exact) mass is 422 g/mol. The molecule has 0 heterocycles. The van der Waals surface area contributed by atoms with Gasteiger partial charge in [0.2, 0.25) is 0 Å². The summed E-state index contributed by atoms with van der Waals surface area (Å²) in [6.07, 6.45) is -5.25. The first kappa shape index (κ1) is 21.0. The first-order valence-electron chi connectivity index (χ1n) is 7.55. The summed E-state index contributed by atoms with van der Waals surface area (Å²) >= 11 is 5.88. The molecule has 0 aliphatic rings. The molecule has 2 rings (SSSR count). The molecule has 0 unspecified atom stereocenters. The van der Waals surface area contributed by atoms with Crippen molar-refractivity contribution in [3.63, 3.8) is 0 Å². The van der Waals surface area contributed by atoms with Crippen LogP contribution >= 0.6 is 11.6 Å². The normalized spacial score (nSPS) is 12.0. The van der Waals surface area contributed by atoms with Crippen LogP contribution in [-0.2, 0) is 27.2 Å². The van der Waals surface area contributed by atoms with Gasteiger partial charge in [-0.15, -0.1) is 0 Å². The van der Waals surface area contributed by atoms with E-state index < -0.39 is 38.2 Å². The van der Waals surface area contributed by atoms with Crippen LogP contribution in [0.5, 0.6) is 11.5 Å². The minimum Gasteiger partial charge on any atom is -0.481 e. The van der Waals surface area contributed by atoms with Crippen LogP contribution in [0, 0.1) is 0 Å². The summed E-state index contributed by atoms with van der Waals surface area (Å²) in [5, 5.41) is 8.97. The van der Waals surface area contributed by atoms with Crippen LogP contribution in [-0.4, -0.2) is 25.2 Å². The maximum Gasteiger partial charge on any atom is 0.417 e. The molecule has 0 spiro atoms. The minimum atomic E-state index is -4.90. The highest BCUT2D eigenvalue weighted by molar-refractivity contribution is 7.91. The molecule has 10 heteroatoms.